The zero-order valence-electron chi connectivity index (χ0n) is 7.86. The topological polar surface area (TPSA) is 98.5 Å². The first kappa shape index (κ1) is 13.7. The largest absolute Gasteiger partial charge is 0.356 e. The summed E-state index contributed by atoms with van der Waals surface area (Å²) in [4.78, 5) is 15.0. The van der Waals surface area contributed by atoms with E-state index >= 15 is 0 Å². The molecule has 0 saturated carbocycles. The van der Waals surface area contributed by atoms with Crippen molar-refractivity contribution in [2.24, 2.45) is 5.84 Å². The Morgan fingerprint density at radius 3 is 2.64 bits per heavy atom. The standard InChI is InChI=1S/C6H14N2O4S2/c1-14(10,11)5-4-13-3-2-6(9)12-8-7/h8H,2-5,7H2,1H3. The Morgan fingerprint density at radius 1 is 1.50 bits per heavy atom. The van der Waals surface area contributed by atoms with E-state index < -0.39 is 15.8 Å². The van der Waals surface area contributed by atoms with E-state index in [1.54, 1.807) is 5.59 Å². The zero-order valence-corrected chi connectivity index (χ0v) is 9.49. The van der Waals surface area contributed by atoms with Gasteiger partial charge in [0.1, 0.15) is 9.84 Å². The van der Waals surface area contributed by atoms with E-state index in [9.17, 15) is 13.2 Å². The Kier molecular flexibility index (Phi) is 6.89. The molecule has 0 aromatic heterocycles. The number of carbonyl (C=O) groups is 1. The van der Waals surface area contributed by atoms with Gasteiger partial charge in [-0.25, -0.2) is 14.3 Å². The van der Waals surface area contributed by atoms with Crippen LogP contribution in [0.5, 0.6) is 0 Å². The molecule has 0 saturated heterocycles. The molecule has 0 aliphatic carbocycles. The second-order valence-corrected chi connectivity index (χ2v) is 6.07. The lowest BCUT2D eigenvalue weighted by Crippen LogP contribution is -2.26. The summed E-state index contributed by atoms with van der Waals surface area (Å²) < 4.78 is 21.4. The van der Waals surface area contributed by atoms with Crippen LogP contribution in [0, 0.1) is 0 Å². The molecule has 0 rings (SSSR count). The van der Waals surface area contributed by atoms with Crippen LogP contribution >= 0.6 is 11.8 Å². The van der Waals surface area contributed by atoms with Crippen LogP contribution in [0.1, 0.15) is 6.42 Å². The van der Waals surface area contributed by atoms with Gasteiger partial charge in [0, 0.05) is 17.8 Å². The van der Waals surface area contributed by atoms with Gasteiger partial charge in [-0.05, 0) is 0 Å². The molecule has 0 bridgehead atoms. The predicted octanol–water partition coefficient (Wildman–Crippen LogP) is -0.924. The first-order chi connectivity index (χ1) is 6.45. The number of rotatable bonds is 7. The van der Waals surface area contributed by atoms with Crippen LogP contribution in [0.3, 0.4) is 0 Å². The van der Waals surface area contributed by atoms with Crippen molar-refractivity contribution in [3.63, 3.8) is 0 Å². The number of hydrazine groups is 1. The summed E-state index contributed by atoms with van der Waals surface area (Å²) in [5, 5.41) is 0. The number of thioether (sulfide) groups is 1. The number of sulfone groups is 1. The lowest BCUT2D eigenvalue weighted by atomic mass is 10.5. The van der Waals surface area contributed by atoms with Crippen LogP contribution in [0.15, 0.2) is 0 Å². The van der Waals surface area contributed by atoms with Crippen LogP contribution in [-0.4, -0.2) is 37.9 Å². The van der Waals surface area contributed by atoms with E-state index in [1.165, 1.54) is 18.0 Å². The molecule has 0 radical (unpaired) electrons. The van der Waals surface area contributed by atoms with Crippen LogP contribution in [0.4, 0.5) is 0 Å². The van der Waals surface area contributed by atoms with Crippen molar-refractivity contribution in [1.29, 1.82) is 0 Å². The average Bonchev–Trinajstić information content (AvgIpc) is 2.02. The van der Waals surface area contributed by atoms with Crippen molar-refractivity contribution in [3.8, 4) is 0 Å². The Hall–Kier alpha value is -0.310. The van der Waals surface area contributed by atoms with Crippen molar-refractivity contribution >= 4 is 27.6 Å². The number of carbonyl (C=O) groups excluding carboxylic acids is 1. The molecule has 6 nitrogen and oxygen atoms in total. The van der Waals surface area contributed by atoms with Crippen molar-refractivity contribution in [2.75, 3.05) is 23.5 Å². The van der Waals surface area contributed by atoms with Crippen LogP contribution < -0.4 is 11.4 Å². The Balaban J connectivity index is 3.34. The third-order valence-corrected chi connectivity index (χ3v) is 3.41. The maximum Gasteiger partial charge on any atom is 0.327 e. The highest BCUT2D eigenvalue weighted by molar-refractivity contribution is 8.00. The molecule has 3 N–H and O–H groups in total. The second kappa shape index (κ2) is 7.04. The molecule has 0 fully saturated rings. The minimum atomic E-state index is -2.90. The Bertz CT molecular complexity index is 265. The summed E-state index contributed by atoms with van der Waals surface area (Å²) in [6.45, 7) is 0. The highest BCUT2D eigenvalue weighted by Gasteiger charge is 2.04. The molecule has 0 aliphatic rings. The van der Waals surface area contributed by atoms with Gasteiger partial charge in [-0.1, -0.05) is 5.59 Å². The number of nitrogens with two attached hydrogens (primary N) is 1. The Morgan fingerprint density at radius 2 is 2.14 bits per heavy atom. The lowest BCUT2D eigenvalue weighted by molar-refractivity contribution is -0.150. The van der Waals surface area contributed by atoms with Gasteiger partial charge in [0.15, 0.2) is 0 Å². The fourth-order valence-electron chi connectivity index (χ4n) is 0.585. The highest BCUT2D eigenvalue weighted by Crippen LogP contribution is 2.03. The Labute approximate surface area is 87.4 Å². The molecule has 0 aliphatic heterocycles. The van der Waals surface area contributed by atoms with E-state index in [1.807, 2.05) is 0 Å². The van der Waals surface area contributed by atoms with E-state index in [2.05, 4.69) is 4.84 Å². The van der Waals surface area contributed by atoms with E-state index in [4.69, 9.17) is 5.84 Å². The van der Waals surface area contributed by atoms with Gasteiger partial charge in [-0.3, -0.25) is 4.79 Å². The molecule has 0 aromatic rings. The van der Waals surface area contributed by atoms with Gasteiger partial charge in [0.2, 0.25) is 0 Å². The molecule has 0 unspecified atom stereocenters. The summed E-state index contributed by atoms with van der Waals surface area (Å²) in [6, 6.07) is 0. The number of nitrogens with one attached hydrogen (secondary N) is 1. The third kappa shape index (κ3) is 9.78. The molecule has 0 amide bonds. The van der Waals surface area contributed by atoms with Crippen LogP contribution in [-0.2, 0) is 19.5 Å². The molecule has 8 heteroatoms. The van der Waals surface area contributed by atoms with Crippen molar-refractivity contribution in [1.82, 2.24) is 5.59 Å². The summed E-state index contributed by atoms with van der Waals surface area (Å²) in [5.41, 5.74) is 1.78. The maximum absolute atomic E-state index is 10.7. The number of hydrogen-bond acceptors (Lipinski definition) is 7. The average molecular weight is 242 g/mol. The van der Waals surface area contributed by atoms with E-state index in [-0.39, 0.29) is 12.2 Å². The molecule has 0 spiro atoms. The molecular formula is C6H14N2O4S2. The van der Waals surface area contributed by atoms with Crippen LogP contribution in [0.25, 0.3) is 0 Å². The van der Waals surface area contributed by atoms with Gasteiger partial charge < -0.3 is 4.84 Å². The molecule has 0 aromatic carbocycles. The minimum Gasteiger partial charge on any atom is -0.356 e. The number of hydrogen-bond donors (Lipinski definition) is 2. The van der Waals surface area contributed by atoms with Crippen molar-refractivity contribution in [2.45, 2.75) is 6.42 Å². The second-order valence-electron chi connectivity index (χ2n) is 2.58. The smallest absolute Gasteiger partial charge is 0.327 e. The van der Waals surface area contributed by atoms with Gasteiger partial charge in [-0.15, -0.1) is 0 Å². The van der Waals surface area contributed by atoms with E-state index in [0.717, 1.165) is 0 Å². The summed E-state index contributed by atoms with van der Waals surface area (Å²) in [7, 11) is -2.90. The first-order valence-corrected chi connectivity index (χ1v) is 7.08. The maximum atomic E-state index is 10.7. The predicted molar refractivity (Wildman–Crippen MR) is 55.1 cm³/mol. The van der Waals surface area contributed by atoms with Gasteiger partial charge in [-0.2, -0.15) is 11.8 Å². The lowest BCUT2D eigenvalue weighted by Gasteiger charge is -2.01. The molecular weight excluding hydrogens is 228 g/mol. The molecule has 14 heavy (non-hydrogen) atoms. The summed E-state index contributed by atoms with van der Waals surface area (Å²) in [6.07, 6.45) is 1.39. The highest BCUT2D eigenvalue weighted by atomic mass is 32.2. The van der Waals surface area contributed by atoms with Gasteiger partial charge >= 0.3 is 5.97 Å². The van der Waals surface area contributed by atoms with Gasteiger partial charge in [0.05, 0.1) is 12.2 Å². The fraction of sp³-hybridized carbons (Fsp3) is 0.833. The summed E-state index contributed by atoms with van der Waals surface area (Å²) in [5.74, 6) is 5.42. The first-order valence-electron chi connectivity index (χ1n) is 3.86. The van der Waals surface area contributed by atoms with Crippen LogP contribution in [0.2, 0.25) is 0 Å². The van der Waals surface area contributed by atoms with Gasteiger partial charge in [0.25, 0.3) is 0 Å². The van der Waals surface area contributed by atoms with E-state index in [0.29, 0.717) is 11.5 Å². The fourth-order valence-corrected chi connectivity index (χ4v) is 2.78. The zero-order chi connectivity index (χ0) is 11.0. The van der Waals surface area contributed by atoms with Crippen molar-refractivity contribution in [3.05, 3.63) is 0 Å². The monoisotopic (exact) mass is 242 g/mol. The molecule has 0 heterocycles. The summed E-state index contributed by atoms with van der Waals surface area (Å²) >= 11 is 1.39. The SMILES string of the molecule is CS(=O)(=O)CCSCCC(=O)ONN. The third-order valence-electron chi connectivity index (χ3n) is 1.22. The minimum absolute atomic E-state index is 0.127. The molecule has 84 valence electrons. The molecule has 0 atom stereocenters. The normalized spacial score (nSPS) is 11.3. The quantitative estimate of drug-likeness (QED) is 0.338. The van der Waals surface area contributed by atoms with Crippen molar-refractivity contribution < 1.29 is 18.0 Å².